The van der Waals surface area contributed by atoms with Crippen molar-refractivity contribution in [1.29, 1.82) is 0 Å². The van der Waals surface area contributed by atoms with E-state index in [1.807, 2.05) is 31.2 Å². The molecule has 0 aromatic heterocycles. The molecule has 2 amide bonds. The highest BCUT2D eigenvalue weighted by Crippen LogP contribution is 2.18. The fourth-order valence-electron chi connectivity index (χ4n) is 2.05. The molecule has 21 heavy (non-hydrogen) atoms. The van der Waals surface area contributed by atoms with Gasteiger partial charge in [0.2, 0.25) is 11.8 Å². The second-order valence-corrected chi connectivity index (χ2v) is 5.35. The molecule has 0 unspecified atom stereocenters. The Morgan fingerprint density at radius 3 is 2.48 bits per heavy atom. The first kappa shape index (κ1) is 15.5. The van der Waals surface area contributed by atoms with Gasteiger partial charge < -0.3 is 16.0 Å². The van der Waals surface area contributed by atoms with Crippen LogP contribution in [0.1, 0.15) is 31.7 Å². The summed E-state index contributed by atoms with van der Waals surface area (Å²) in [5, 5.41) is 8.94. The highest BCUT2D eigenvalue weighted by Gasteiger charge is 2.20. The molecule has 1 saturated carbocycles. The molecular weight excluding hydrogens is 266 g/mol. The van der Waals surface area contributed by atoms with Crippen LogP contribution in [-0.2, 0) is 16.0 Å². The van der Waals surface area contributed by atoms with E-state index in [-0.39, 0.29) is 11.8 Å². The molecule has 1 fully saturated rings. The molecular formula is C16H23N3O2. The van der Waals surface area contributed by atoms with Crippen LogP contribution in [0.5, 0.6) is 0 Å². The Morgan fingerprint density at radius 1 is 1.14 bits per heavy atom. The Hall–Kier alpha value is -1.88. The smallest absolute Gasteiger partial charge is 0.225 e. The highest BCUT2D eigenvalue weighted by molar-refractivity contribution is 5.90. The molecule has 114 valence electrons. The lowest BCUT2D eigenvalue weighted by molar-refractivity contribution is -0.120. The summed E-state index contributed by atoms with van der Waals surface area (Å²) in [6.07, 6.45) is 3.31. The predicted octanol–water partition coefficient (Wildman–Crippen LogP) is 1.45. The maximum atomic E-state index is 11.7. The van der Waals surface area contributed by atoms with Gasteiger partial charge in [-0.2, -0.15) is 0 Å². The molecule has 5 heteroatoms. The largest absolute Gasteiger partial charge is 0.356 e. The van der Waals surface area contributed by atoms with E-state index in [9.17, 15) is 9.59 Å². The lowest BCUT2D eigenvalue weighted by atomic mass is 10.1. The molecule has 1 aliphatic carbocycles. The number of hydrogen-bond donors (Lipinski definition) is 3. The minimum atomic E-state index is 0.0135. The van der Waals surface area contributed by atoms with E-state index in [2.05, 4.69) is 16.0 Å². The van der Waals surface area contributed by atoms with Gasteiger partial charge in [0.25, 0.3) is 0 Å². The van der Waals surface area contributed by atoms with Crippen molar-refractivity contribution in [3.8, 4) is 0 Å². The maximum Gasteiger partial charge on any atom is 0.225 e. The van der Waals surface area contributed by atoms with Crippen molar-refractivity contribution in [2.24, 2.45) is 0 Å². The van der Waals surface area contributed by atoms with Crippen LogP contribution in [0.25, 0.3) is 0 Å². The summed E-state index contributed by atoms with van der Waals surface area (Å²) in [7, 11) is 0. The molecule has 1 aromatic rings. The van der Waals surface area contributed by atoms with Gasteiger partial charge in [-0.25, -0.2) is 0 Å². The number of carbonyl (C=O) groups excluding carboxylic acids is 2. The van der Waals surface area contributed by atoms with Gasteiger partial charge in [0.1, 0.15) is 0 Å². The van der Waals surface area contributed by atoms with Crippen molar-refractivity contribution < 1.29 is 9.59 Å². The molecule has 1 aliphatic rings. The van der Waals surface area contributed by atoms with Gasteiger partial charge in [0.15, 0.2) is 0 Å². The second-order valence-electron chi connectivity index (χ2n) is 5.35. The monoisotopic (exact) mass is 289 g/mol. The minimum Gasteiger partial charge on any atom is -0.356 e. The minimum absolute atomic E-state index is 0.0135. The van der Waals surface area contributed by atoms with Crippen LogP contribution in [0.15, 0.2) is 24.3 Å². The van der Waals surface area contributed by atoms with Crippen LogP contribution in [0, 0.1) is 0 Å². The normalized spacial score (nSPS) is 13.8. The Balaban J connectivity index is 1.72. The third-order valence-corrected chi connectivity index (χ3v) is 3.34. The summed E-state index contributed by atoms with van der Waals surface area (Å²) in [6, 6.07) is 8.04. The van der Waals surface area contributed by atoms with Crippen molar-refractivity contribution in [3.63, 3.8) is 0 Å². The van der Waals surface area contributed by atoms with Crippen LogP contribution in [0.3, 0.4) is 0 Å². The Bertz CT molecular complexity index is 481. The molecule has 5 nitrogen and oxygen atoms in total. The molecule has 0 heterocycles. The van der Waals surface area contributed by atoms with E-state index < -0.39 is 0 Å². The number of rotatable bonds is 8. The topological polar surface area (TPSA) is 70.2 Å². The van der Waals surface area contributed by atoms with Crippen molar-refractivity contribution in [3.05, 3.63) is 29.8 Å². The number of anilines is 1. The first-order valence-electron chi connectivity index (χ1n) is 7.56. The standard InChI is InChI=1S/C16H23N3O2/c1-2-17-16(21)11-12-3-5-14(6-4-12)19-15(20)9-10-18-13-7-8-13/h3-6,13,18H,2,7-11H2,1H3,(H,17,21)(H,19,20). The van der Waals surface area contributed by atoms with Gasteiger partial charge in [-0.1, -0.05) is 12.1 Å². The van der Waals surface area contributed by atoms with Gasteiger partial charge in [0, 0.05) is 31.2 Å². The number of hydrogen-bond acceptors (Lipinski definition) is 3. The number of nitrogens with one attached hydrogen (secondary N) is 3. The van der Waals surface area contributed by atoms with Crippen molar-refractivity contribution in [2.75, 3.05) is 18.4 Å². The summed E-state index contributed by atoms with van der Waals surface area (Å²) >= 11 is 0. The Labute approximate surface area is 125 Å². The SMILES string of the molecule is CCNC(=O)Cc1ccc(NC(=O)CCNC2CC2)cc1. The van der Waals surface area contributed by atoms with Crippen LogP contribution < -0.4 is 16.0 Å². The maximum absolute atomic E-state index is 11.7. The lowest BCUT2D eigenvalue weighted by Gasteiger charge is -2.07. The van der Waals surface area contributed by atoms with E-state index in [0.717, 1.165) is 17.8 Å². The first-order valence-corrected chi connectivity index (χ1v) is 7.56. The molecule has 0 atom stereocenters. The van der Waals surface area contributed by atoms with Crippen LogP contribution in [0.2, 0.25) is 0 Å². The zero-order valence-corrected chi connectivity index (χ0v) is 12.4. The number of likely N-dealkylation sites (N-methyl/N-ethyl adjacent to an activating group) is 1. The highest BCUT2D eigenvalue weighted by atomic mass is 16.2. The fraction of sp³-hybridized carbons (Fsp3) is 0.500. The molecule has 0 saturated heterocycles. The van der Waals surface area contributed by atoms with Crippen LogP contribution >= 0.6 is 0 Å². The number of amides is 2. The molecule has 0 radical (unpaired) electrons. The predicted molar refractivity (Wildman–Crippen MR) is 83.1 cm³/mol. The van der Waals surface area contributed by atoms with E-state index in [1.165, 1.54) is 12.8 Å². The van der Waals surface area contributed by atoms with E-state index in [1.54, 1.807) is 0 Å². The average Bonchev–Trinajstić information content (AvgIpc) is 3.25. The molecule has 1 aromatic carbocycles. The Kier molecular flexibility index (Phi) is 5.75. The molecule has 2 rings (SSSR count). The molecule has 3 N–H and O–H groups in total. The zero-order valence-electron chi connectivity index (χ0n) is 12.4. The van der Waals surface area contributed by atoms with Gasteiger partial charge >= 0.3 is 0 Å². The first-order chi connectivity index (χ1) is 10.2. The average molecular weight is 289 g/mol. The van der Waals surface area contributed by atoms with Crippen LogP contribution in [-0.4, -0.2) is 30.9 Å². The van der Waals surface area contributed by atoms with Crippen molar-refractivity contribution in [1.82, 2.24) is 10.6 Å². The number of carbonyl (C=O) groups is 2. The molecule has 0 aliphatic heterocycles. The molecule has 0 spiro atoms. The summed E-state index contributed by atoms with van der Waals surface area (Å²) in [6.45, 7) is 3.27. The van der Waals surface area contributed by atoms with E-state index >= 15 is 0 Å². The van der Waals surface area contributed by atoms with Gasteiger partial charge in [0.05, 0.1) is 6.42 Å². The summed E-state index contributed by atoms with van der Waals surface area (Å²) in [5.74, 6) is 0.0278. The Morgan fingerprint density at radius 2 is 1.86 bits per heavy atom. The van der Waals surface area contributed by atoms with Crippen molar-refractivity contribution >= 4 is 17.5 Å². The van der Waals surface area contributed by atoms with Gasteiger partial charge in [-0.3, -0.25) is 9.59 Å². The lowest BCUT2D eigenvalue weighted by Crippen LogP contribution is -2.24. The second kappa shape index (κ2) is 7.78. The van der Waals surface area contributed by atoms with Crippen LogP contribution in [0.4, 0.5) is 5.69 Å². The van der Waals surface area contributed by atoms with Gasteiger partial charge in [-0.15, -0.1) is 0 Å². The summed E-state index contributed by atoms with van der Waals surface area (Å²) in [4.78, 5) is 23.2. The van der Waals surface area contributed by atoms with E-state index in [4.69, 9.17) is 0 Å². The molecule has 0 bridgehead atoms. The third kappa shape index (κ3) is 5.95. The van der Waals surface area contributed by atoms with E-state index in [0.29, 0.717) is 25.4 Å². The third-order valence-electron chi connectivity index (χ3n) is 3.34. The van der Waals surface area contributed by atoms with Crippen molar-refractivity contribution in [2.45, 2.75) is 38.6 Å². The summed E-state index contributed by atoms with van der Waals surface area (Å²) in [5.41, 5.74) is 1.71. The van der Waals surface area contributed by atoms with Gasteiger partial charge in [-0.05, 0) is 37.5 Å². The number of benzene rings is 1. The summed E-state index contributed by atoms with van der Waals surface area (Å²) < 4.78 is 0. The zero-order chi connectivity index (χ0) is 15.1. The quantitative estimate of drug-likeness (QED) is 0.678. The fourth-order valence-corrected chi connectivity index (χ4v) is 2.05.